The number of carbonyl (C=O) groups excluding carboxylic acids is 2. The van der Waals surface area contributed by atoms with E-state index in [2.05, 4.69) is 22.2 Å². The summed E-state index contributed by atoms with van der Waals surface area (Å²) in [5.74, 6) is 0.307. The first-order valence-corrected chi connectivity index (χ1v) is 5.84. The molecule has 0 aromatic carbocycles. The van der Waals surface area contributed by atoms with Crippen molar-refractivity contribution in [3.63, 3.8) is 0 Å². The Morgan fingerprint density at radius 2 is 2.35 bits per heavy atom. The zero-order chi connectivity index (χ0) is 12.9. The van der Waals surface area contributed by atoms with E-state index >= 15 is 0 Å². The van der Waals surface area contributed by atoms with Crippen molar-refractivity contribution in [3.05, 3.63) is 18.2 Å². The number of H-pyrrole nitrogens is 1. The molecule has 0 radical (unpaired) electrons. The van der Waals surface area contributed by atoms with Crippen LogP contribution >= 0.6 is 0 Å². The predicted molar refractivity (Wildman–Crippen MR) is 66.6 cm³/mol. The number of aromatic nitrogens is 2. The van der Waals surface area contributed by atoms with Crippen LogP contribution in [-0.2, 0) is 16.0 Å². The molecule has 1 heterocycles. The average Bonchev–Trinajstić information content (AvgIpc) is 2.80. The van der Waals surface area contributed by atoms with E-state index < -0.39 is 0 Å². The van der Waals surface area contributed by atoms with Gasteiger partial charge >= 0.3 is 0 Å². The molecule has 5 heteroatoms. The van der Waals surface area contributed by atoms with Gasteiger partial charge in [-0.1, -0.05) is 13.3 Å². The zero-order valence-corrected chi connectivity index (χ0v) is 10.5. The molecule has 0 spiro atoms. The van der Waals surface area contributed by atoms with E-state index in [-0.39, 0.29) is 0 Å². The number of carbonyl (C=O) groups is 2. The predicted octanol–water partition coefficient (Wildman–Crippen LogP) is 1.46. The Bertz CT molecular complexity index is 297. The number of Topliss-reactive ketones (excluding diaryl/α,β-unsaturated/α-hetero) is 1. The van der Waals surface area contributed by atoms with Gasteiger partial charge in [-0.15, -0.1) is 0 Å². The smallest absolute Gasteiger partial charge is 0.207 e. The quantitative estimate of drug-likeness (QED) is 0.559. The summed E-state index contributed by atoms with van der Waals surface area (Å²) in [5.41, 5.74) is 1.04. The number of nitrogens with zero attached hydrogens (tertiary/aromatic N) is 1. The molecule has 17 heavy (non-hydrogen) atoms. The van der Waals surface area contributed by atoms with Crippen molar-refractivity contribution < 1.29 is 9.59 Å². The second-order valence-electron chi connectivity index (χ2n) is 3.70. The molecular formula is C12H21N3O2. The third-order valence-electron chi connectivity index (χ3n) is 2.06. The van der Waals surface area contributed by atoms with Gasteiger partial charge in [0, 0.05) is 31.3 Å². The van der Waals surface area contributed by atoms with Crippen LogP contribution in [0.1, 0.15) is 38.8 Å². The summed E-state index contributed by atoms with van der Waals surface area (Å²) in [4.78, 5) is 26.8. The summed E-state index contributed by atoms with van der Waals surface area (Å²) in [5, 5.41) is 2.56. The Morgan fingerprint density at radius 1 is 1.59 bits per heavy atom. The molecule has 0 unspecified atom stereocenters. The van der Waals surface area contributed by atoms with E-state index in [1.165, 1.54) is 0 Å². The number of hydrogen-bond acceptors (Lipinski definition) is 3. The lowest BCUT2D eigenvalue weighted by atomic mass is 10.2. The van der Waals surface area contributed by atoms with Gasteiger partial charge in [-0.05, 0) is 13.3 Å². The molecule has 0 aliphatic carbocycles. The highest BCUT2D eigenvalue weighted by atomic mass is 16.1. The largest absolute Gasteiger partial charge is 0.358 e. The van der Waals surface area contributed by atoms with E-state index in [4.69, 9.17) is 0 Å². The molecule has 1 amide bonds. The number of nitrogens with one attached hydrogen (secondary N) is 2. The SMILES string of the molecule is CCCCC(C)=O.O=CNCCc1cnc[nH]1. The standard InChI is InChI=1S/C6H9N3O.C6H12O/c10-5-7-2-1-6-3-8-4-9-6;1-3-4-5-6(2)7/h3-5H,1-2H2,(H,7,10)(H,8,9);3-5H2,1-2H3. The van der Waals surface area contributed by atoms with Gasteiger partial charge in [-0.25, -0.2) is 4.98 Å². The monoisotopic (exact) mass is 239 g/mol. The second-order valence-corrected chi connectivity index (χ2v) is 3.70. The molecule has 1 aromatic rings. The molecule has 0 fully saturated rings. The highest BCUT2D eigenvalue weighted by Gasteiger charge is 1.90. The first-order valence-electron chi connectivity index (χ1n) is 5.84. The van der Waals surface area contributed by atoms with Gasteiger partial charge in [0.05, 0.1) is 6.33 Å². The Hall–Kier alpha value is -1.65. The number of imidazole rings is 1. The lowest BCUT2D eigenvalue weighted by molar-refractivity contribution is -0.117. The topological polar surface area (TPSA) is 74.8 Å². The maximum Gasteiger partial charge on any atom is 0.207 e. The molecule has 1 aromatic heterocycles. The lowest BCUT2D eigenvalue weighted by Gasteiger charge is -1.93. The molecular weight excluding hydrogens is 218 g/mol. The molecule has 2 N–H and O–H groups in total. The van der Waals surface area contributed by atoms with Crippen LogP contribution in [-0.4, -0.2) is 28.7 Å². The van der Waals surface area contributed by atoms with Gasteiger partial charge in [0.1, 0.15) is 5.78 Å². The molecule has 0 bridgehead atoms. The van der Waals surface area contributed by atoms with Crippen molar-refractivity contribution in [2.75, 3.05) is 6.54 Å². The minimum Gasteiger partial charge on any atom is -0.358 e. The fourth-order valence-electron chi connectivity index (χ4n) is 1.11. The van der Waals surface area contributed by atoms with E-state index in [1.54, 1.807) is 19.4 Å². The fraction of sp³-hybridized carbons (Fsp3) is 0.583. The molecule has 0 aliphatic heterocycles. The summed E-state index contributed by atoms with van der Waals surface area (Å²) >= 11 is 0. The summed E-state index contributed by atoms with van der Waals surface area (Å²) in [6.07, 6.45) is 7.79. The number of amides is 1. The zero-order valence-electron chi connectivity index (χ0n) is 10.5. The van der Waals surface area contributed by atoms with E-state index in [0.29, 0.717) is 18.7 Å². The highest BCUT2D eigenvalue weighted by Crippen LogP contribution is 1.92. The van der Waals surface area contributed by atoms with Crippen LogP contribution < -0.4 is 5.32 Å². The third-order valence-corrected chi connectivity index (χ3v) is 2.06. The van der Waals surface area contributed by atoms with Gasteiger partial charge in [0.25, 0.3) is 0 Å². The number of aromatic amines is 1. The van der Waals surface area contributed by atoms with Crippen LogP contribution in [0.4, 0.5) is 0 Å². The minimum atomic E-state index is 0.307. The number of rotatable bonds is 7. The highest BCUT2D eigenvalue weighted by molar-refractivity contribution is 5.75. The normalized spacial score (nSPS) is 9.06. The van der Waals surface area contributed by atoms with Crippen molar-refractivity contribution >= 4 is 12.2 Å². The Kier molecular flexibility index (Phi) is 9.80. The number of hydrogen-bond donors (Lipinski definition) is 2. The van der Waals surface area contributed by atoms with Gasteiger partial charge in [-0.2, -0.15) is 0 Å². The molecule has 0 saturated heterocycles. The van der Waals surface area contributed by atoms with Gasteiger partial charge in [0.2, 0.25) is 6.41 Å². The van der Waals surface area contributed by atoms with Gasteiger partial charge in [-0.3, -0.25) is 4.79 Å². The van der Waals surface area contributed by atoms with Crippen molar-refractivity contribution in [2.24, 2.45) is 0 Å². The van der Waals surface area contributed by atoms with Gasteiger partial charge < -0.3 is 15.1 Å². The number of ketones is 1. The molecule has 0 saturated carbocycles. The first kappa shape index (κ1) is 15.3. The molecule has 0 aliphatic rings. The Labute approximate surface area is 102 Å². The fourth-order valence-corrected chi connectivity index (χ4v) is 1.11. The van der Waals surface area contributed by atoms with Crippen LogP contribution in [0.25, 0.3) is 0 Å². The van der Waals surface area contributed by atoms with Crippen LogP contribution in [0.3, 0.4) is 0 Å². The van der Waals surface area contributed by atoms with E-state index in [1.807, 2.05) is 0 Å². The summed E-state index contributed by atoms with van der Waals surface area (Å²) in [6, 6.07) is 0. The van der Waals surface area contributed by atoms with Crippen molar-refractivity contribution in [1.82, 2.24) is 15.3 Å². The van der Waals surface area contributed by atoms with Crippen molar-refractivity contribution in [1.29, 1.82) is 0 Å². The van der Waals surface area contributed by atoms with Crippen LogP contribution in [0.5, 0.6) is 0 Å². The molecule has 96 valence electrons. The van der Waals surface area contributed by atoms with E-state index in [0.717, 1.165) is 31.4 Å². The summed E-state index contributed by atoms with van der Waals surface area (Å²) in [7, 11) is 0. The Morgan fingerprint density at radius 3 is 2.76 bits per heavy atom. The van der Waals surface area contributed by atoms with Crippen LogP contribution in [0, 0.1) is 0 Å². The van der Waals surface area contributed by atoms with Crippen molar-refractivity contribution in [2.45, 2.75) is 39.5 Å². The van der Waals surface area contributed by atoms with E-state index in [9.17, 15) is 9.59 Å². The summed E-state index contributed by atoms with van der Waals surface area (Å²) in [6.45, 7) is 4.38. The second kappa shape index (κ2) is 10.9. The lowest BCUT2D eigenvalue weighted by Crippen LogP contribution is -2.14. The maximum atomic E-state index is 10.2. The van der Waals surface area contributed by atoms with Crippen LogP contribution in [0.15, 0.2) is 12.5 Å². The number of unbranched alkanes of at least 4 members (excludes halogenated alkanes) is 1. The van der Waals surface area contributed by atoms with Crippen molar-refractivity contribution in [3.8, 4) is 0 Å². The summed E-state index contributed by atoms with van der Waals surface area (Å²) < 4.78 is 0. The third kappa shape index (κ3) is 10.6. The Balaban J connectivity index is 0.000000325. The maximum absolute atomic E-state index is 10.2. The van der Waals surface area contributed by atoms with Gasteiger partial charge in [0.15, 0.2) is 0 Å². The first-order chi connectivity index (χ1) is 8.20. The molecule has 0 atom stereocenters. The minimum absolute atomic E-state index is 0.307. The average molecular weight is 239 g/mol. The van der Waals surface area contributed by atoms with Crippen LogP contribution in [0.2, 0.25) is 0 Å². The molecule has 5 nitrogen and oxygen atoms in total. The molecule has 1 rings (SSSR count).